The Bertz CT molecular complexity index is 826. The van der Waals surface area contributed by atoms with Crippen molar-refractivity contribution in [3.8, 4) is 17.2 Å². The van der Waals surface area contributed by atoms with E-state index >= 15 is 0 Å². The lowest BCUT2D eigenvalue weighted by Crippen LogP contribution is -2.27. The summed E-state index contributed by atoms with van der Waals surface area (Å²) in [6.45, 7) is 7.48. The Balaban J connectivity index is 2.27. The molecule has 0 aromatic heterocycles. The predicted molar refractivity (Wildman–Crippen MR) is 115 cm³/mol. The maximum atomic E-state index is 11.8. The fourth-order valence-electron chi connectivity index (χ4n) is 2.93. The van der Waals surface area contributed by atoms with Crippen LogP contribution >= 0.6 is 0 Å². The average Bonchev–Trinajstić information content (AvgIpc) is 2.75. The van der Waals surface area contributed by atoms with Crippen LogP contribution in [0.4, 0.5) is 0 Å². The summed E-state index contributed by atoms with van der Waals surface area (Å²) in [4.78, 5) is 14.1. The molecule has 2 aromatic carbocycles. The maximum absolute atomic E-state index is 11.8. The third-order valence-corrected chi connectivity index (χ3v) is 4.69. The average molecular weight is 399 g/mol. The van der Waals surface area contributed by atoms with E-state index in [0.29, 0.717) is 29.4 Å². The molecule has 1 N–H and O–H groups in total. The van der Waals surface area contributed by atoms with Gasteiger partial charge in [-0.3, -0.25) is 0 Å². The number of carboxylic acids is 1. The van der Waals surface area contributed by atoms with Gasteiger partial charge in [0, 0.05) is 6.54 Å². The summed E-state index contributed by atoms with van der Waals surface area (Å²) in [5.41, 5.74) is 1.50. The molecule has 29 heavy (non-hydrogen) atoms. The third-order valence-electron chi connectivity index (χ3n) is 4.69. The van der Waals surface area contributed by atoms with E-state index in [0.717, 1.165) is 25.2 Å². The van der Waals surface area contributed by atoms with Crippen molar-refractivity contribution in [1.29, 1.82) is 0 Å². The van der Waals surface area contributed by atoms with Crippen molar-refractivity contribution in [3.05, 3.63) is 53.6 Å². The summed E-state index contributed by atoms with van der Waals surface area (Å²) < 4.78 is 16.4. The third kappa shape index (κ3) is 6.26. The van der Waals surface area contributed by atoms with Gasteiger partial charge in [-0.05, 0) is 54.6 Å². The number of methoxy groups -OCH3 is 2. The van der Waals surface area contributed by atoms with E-state index < -0.39 is 5.97 Å². The van der Waals surface area contributed by atoms with Gasteiger partial charge in [-0.2, -0.15) is 0 Å². The topological polar surface area (TPSA) is 68.2 Å². The van der Waals surface area contributed by atoms with Gasteiger partial charge in [0.15, 0.2) is 11.5 Å². The molecule has 0 aliphatic rings. The van der Waals surface area contributed by atoms with Crippen LogP contribution in [-0.2, 0) is 4.79 Å². The molecule has 0 fully saturated rings. The number of benzene rings is 2. The first-order chi connectivity index (χ1) is 14.0. The molecule has 0 aliphatic heterocycles. The number of hydrogen-bond acceptors (Lipinski definition) is 5. The van der Waals surface area contributed by atoms with E-state index in [1.54, 1.807) is 56.7 Å². The second-order valence-corrected chi connectivity index (χ2v) is 6.38. The monoisotopic (exact) mass is 399 g/mol. The lowest BCUT2D eigenvalue weighted by Gasteiger charge is -2.19. The SMILES string of the molecule is CCN(CC)CCOc1cc(/C=C(\C(=O)O)c2ccc(OC)cc2)ccc1OC. The van der Waals surface area contributed by atoms with Gasteiger partial charge in [0.25, 0.3) is 0 Å². The van der Waals surface area contributed by atoms with Crippen LogP contribution in [0.2, 0.25) is 0 Å². The lowest BCUT2D eigenvalue weighted by molar-refractivity contribution is -0.130. The van der Waals surface area contributed by atoms with E-state index in [1.807, 2.05) is 6.07 Å². The normalized spacial score (nSPS) is 11.4. The van der Waals surface area contributed by atoms with Gasteiger partial charge < -0.3 is 24.2 Å². The van der Waals surface area contributed by atoms with Crippen molar-refractivity contribution in [3.63, 3.8) is 0 Å². The number of nitrogens with zero attached hydrogens (tertiary/aromatic N) is 1. The molecule has 0 amide bonds. The first-order valence-corrected chi connectivity index (χ1v) is 9.64. The zero-order chi connectivity index (χ0) is 21.2. The fraction of sp³-hybridized carbons (Fsp3) is 0.348. The van der Waals surface area contributed by atoms with Crippen molar-refractivity contribution in [2.24, 2.45) is 0 Å². The highest BCUT2D eigenvalue weighted by molar-refractivity contribution is 6.20. The van der Waals surface area contributed by atoms with E-state index in [1.165, 1.54) is 0 Å². The second kappa shape index (κ2) is 11.1. The first-order valence-electron chi connectivity index (χ1n) is 9.64. The van der Waals surface area contributed by atoms with Crippen LogP contribution in [0.1, 0.15) is 25.0 Å². The number of likely N-dealkylation sites (N-methyl/N-ethyl adjacent to an activating group) is 1. The zero-order valence-electron chi connectivity index (χ0n) is 17.5. The molecule has 2 rings (SSSR count). The molecule has 0 unspecified atom stereocenters. The molecule has 0 saturated heterocycles. The molecule has 156 valence electrons. The number of carbonyl (C=O) groups is 1. The summed E-state index contributed by atoms with van der Waals surface area (Å²) in [6, 6.07) is 12.3. The fourth-order valence-corrected chi connectivity index (χ4v) is 2.93. The molecule has 0 radical (unpaired) electrons. The minimum absolute atomic E-state index is 0.187. The summed E-state index contributed by atoms with van der Waals surface area (Å²) in [7, 11) is 3.16. The van der Waals surface area contributed by atoms with Gasteiger partial charge in [-0.25, -0.2) is 4.79 Å². The highest BCUT2D eigenvalue weighted by Gasteiger charge is 2.12. The van der Waals surface area contributed by atoms with Crippen molar-refractivity contribution in [1.82, 2.24) is 4.90 Å². The zero-order valence-corrected chi connectivity index (χ0v) is 17.5. The van der Waals surface area contributed by atoms with Crippen LogP contribution in [-0.4, -0.2) is 56.4 Å². The molecule has 6 heteroatoms. The van der Waals surface area contributed by atoms with E-state index in [-0.39, 0.29) is 5.57 Å². The van der Waals surface area contributed by atoms with Gasteiger partial charge >= 0.3 is 5.97 Å². The van der Waals surface area contributed by atoms with Crippen LogP contribution in [0.15, 0.2) is 42.5 Å². The highest BCUT2D eigenvalue weighted by Crippen LogP contribution is 2.30. The van der Waals surface area contributed by atoms with Gasteiger partial charge in [0.1, 0.15) is 12.4 Å². The van der Waals surface area contributed by atoms with Crippen LogP contribution in [0.3, 0.4) is 0 Å². The summed E-state index contributed by atoms with van der Waals surface area (Å²) in [5.74, 6) is 0.873. The number of hydrogen-bond donors (Lipinski definition) is 1. The molecule has 0 heterocycles. The van der Waals surface area contributed by atoms with Crippen molar-refractivity contribution in [2.45, 2.75) is 13.8 Å². The van der Waals surface area contributed by atoms with Gasteiger partial charge in [0.2, 0.25) is 0 Å². The van der Waals surface area contributed by atoms with Crippen LogP contribution in [0.25, 0.3) is 11.6 Å². The minimum atomic E-state index is -1.00. The Kier molecular flexibility index (Phi) is 8.55. The molecule has 0 bridgehead atoms. The van der Waals surface area contributed by atoms with Crippen molar-refractivity contribution in [2.75, 3.05) is 40.5 Å². The van der Waals surface area contributed by atoms with E-state index in [4.69, 9.17) is 14.2 Å². The van der Waals surface area contributed by atoms with Crippen LogP contribution in [0, 0.1) is 0 Å². The number of rotatable bonds is 11. The summed E-state index contributed by atoms with van der Waals surface area (Å²) in [5, 5.41) is 9.68. The second-order valence-electron chi connectivity index (χ2n) is 6.38. The van der Waals surface area contributed by atoms with Gasteiger partial charge in [0.05, 0.1) is 19.8 Å². The molecular formula is C23H29NO5. The largest absolute Gasteiger partial charge is 0.497 e. The molecule has 6 nitrogen and oxygen atoms in total. The first kappa shape index (κ1) is 22.3. The number of aliphatic carboxylic acids is 1. The summed E-state index contributed by atoms with van der Waals surface area (Å²) in [6.07, 6.45) is 1.63. The molecule has 0 saturated carbocycles. The Labute approximate surface area is 172 Å². The lowest BCUT2D eigenvalue weighted by atomic mass is 10.0. The predicted octanol–water partition coefficient (Wildman–Crippen LogP) is 4.05. The Hall–Kier alpha value is -2.99. The standard InChI is InChI=1S/C23H29NO5/c1-5-24(6-2)13-14-29-22-16-17(7-12-21(22)28-4)15-20(23(25)26)18-8-10-19(27-3)11-9-18/h7-12,15-16H,5-6,13-14H2,1-4H3,(H,25,26)/b20-15-. The van der Waals surface area contributed by atoms with Gasteiger partial charge in [-0.1, -0.05) is 32.0 Å². The maximum Gasteiger partial charge on any atom is 0.336 e. The quantitative estimate of drug-likeness (QED) is 0.454. The number of ether oxygens (including phenoxy) is 3. The Morgan fingerprint density at radius 1 is 1.00 bits per heavy atom. The van der Waals surface area contributed by atoms with E-state index in [2.05, 4.69) is 18.7 Å². The molecule has 0 atom stereocenters. The van der Waals surface area contributed by atoms with Crippen LogP contribution < -0.4 is 14.2 Å². The van der Waals surface area contributed by atoms with Crippen LogP contribution in [0.5, 0.6) is 17.2 Å². The molecular weight excluding hydrogens is 370 g/mol. The minimum Gasteiger partial charge on any atom is -0.497 e. The molecule has 0 aliphatic carbocycles. The van der Waals surface area contributed by atoms with Gasteiger partial charge in [-0.15, -0.1) is 0 Å². The molecule has 2 aromatic rings. The molecule has 0 spiro atoms. The Morgan fingerprint density at radius 3 is 2.24 bits per heavy atom. The summed E-state index contributed by atoms with van der Waals surface area (Å²) >= 11 is 0. The van der Waals surface area contributed by atoms with Crippen molar-refractivity contribution < 1.29 is 24.1 Å². The smallest absolute Gasteiger partial charge is 0.336 e. The number of carboxylic acid groups (broad SMARTS) is 1. The Morgan fingerprint density at radius 2 is 1.69 bits per heavy atom. The van der Waals surface area contributed by atoms with E-state index in [9.17, 15) is 9.90 Å². The van der Waals surface area contributed by atoms with Crippen molar-refractivity contribution >= 4 is 17.6 Å². The highest BCUT2D eigenvalue weighted by atomic mass is 16.5.